The van der Waals surface area contributed by atoms with Crippen LogP contribution in [0.1, 0.15) is 24.0 Å². The van der Waals surface area contributed by atoms with Gasteiger partial charge >= 0.3 is 0 Å². The Balaban J connectivity index is 1.83. The predicted octanol–water partition coefficient (Wildman–Crippen LogP) is 3.40. The van der Waals surface area contributed by atoms with E-state index >= 15 is 0 Å². The highest BCUT2D eigenvalue weighted by Crippen LogP contribution is 2.49. The Morgan fingerprint density at radius 2 is 1.79 bits per heavy atom. The number of nitrogens with zero attached hydrogens (tertiary/aromatic N) is 2. The van der Waals surface area contributed by atoms with Crippen molar-refractivity contribution < 1.29 is 23.8 Å². The molecule has 0 radical (unpaired) electrons. The number of benzene rings is 2. The maximum atomic E-state index is 13.5. The summed E-state index contributed by atoms with van der Waals surface area (Å²) in [4.78, 5) is 27.1. The van der Waals surface area contributed by atoms with Crippen molar-refractivity contribution in [3.8, 4) is 17.2 Å². The Morgan fingerprint density at radius 3 is 2.39 bits per heavy atom. The molecule has 0 aliphatic carbocycles. The molecule has 3 aromatic rings. The van der Waals surface area contributed by atoms with Crippen LogP contribution < -0.4 is 19.5 Å². The van der Waals surface area contributed by atoms with E-state index in [2.05, 4.69) is 16.0 Å². The molecule has 0 spiro atoms. The average molecular weight is 447 g/mol. The smallest absolute Gasteiger partial charge is 0.259 e. The number of hydrogen-bond donors (Lipinski definition) is 1. The molecular formula is C25H25N3O5. The second-order valence-electron chi connectivity index (χ2n) is 8.21. The molecule has 0 bridgehead atoms. The molecule has 2 aliphatic heterocycles. The summed E-state index contributed by atoms with van der Waals surface area (Å²) >= 11 is 0. The number of hydrogen-bond acceptors (Lipinski definition) is 6. The van der Waals surface area contributed by atoms with E-state index < -0.39 is 5.92 Å². The molecule has 170 valence electrons. The minimum absolute atomic E-state index is 0.206. The summed E-state index contributed by atoms with van der Waals surface area (Å²) in [7, 11) is 6.67. The summed E-state index contributed by atoms with van der Waals surface area (Å²) in [5.74, 6) is 0.455. The second kappa shape index (κ2) is 7.58. The second-order valence-corrected chi connectivity index (χ2v) is 8.21. The highest BCUT2D eigenvalue weighted by molar-refractivity contribution is 6.11. The normalized spacial score (nSPS) is 17.1. The van der Waals surface area contributed by atoms with Gasteiger partial charge in [0.25, 0.3) is 5.91 Å². The summed E-state index contributed by atoms with van der Waals surface area (Å²) in [5, 5.41) is 4.50. The summed E-state index contributed by atoms with van der Waals surface area (Å²) < 4.78 is 18.7. The van der Waals surface area contributed by atoms with Crippen LogP contribution in [-0.2, 0) is 16.6 Å². The molecule has 0 fully saturated rings. The van der Waals surface area contributed by atoms with Gasteiger partial charge in [0.05, 0.1) is 39.0 Å². The van der Waals surface area contributed by atoms with Gasteiger partial charge in [-0.25, -0.2) is 0 Å². The zero-order valence-corrected chi connectivity index (χ0v) is 19.2. The van der Waals surface area contributed by atoms with Crippen LogP contribution in [0, 0.1) is 0 Å². The largest absolute Gasteiger partial charge is 0.493 e. The number of aromatic nitrogens is 1. The van der Waals surface area contributed by atoms with Crippen molar-refractivity contribution in [2.75, 3.05) is 33.2 Å². The minimum Gasteiger partial charge on any atom is -0.493 e. The van der Waals surface area contributed by atoms with E-state index in [4.69, 9.17) is 14.2 Å². The van der Waals surface area contributed by atoms with Crippen LogP contribution in [0.25, 0.3) is 10.9 Å². The Bertz CT molecular complexity index is 1330. The summed E-state index contributed by atoms with van der Waals surface area (Å²) in [5.41, 5.74) is 4.99. The van der Waals surface area contributed by atoms with Crippen LogP contribution in [0.3, 0.4) is 0 Å². The molecule has 0 saturated heterocycles. The predicted molar refractivity (Wildman–Crippen MR) is 124 cm³/mol. The van der Waals surface area contributed by atoms with Gasteiger partial charge < -0.3 is 24.1 Å². The molecule has 33 heavy (non-hydrogen) atoms. The number of imide groups is 1. The van der Waals surface area contributed by atoms with Crippen LogP contribution in [-0.4, -0.2) is 49.2 Å². The molecule has 8 heteroatoms. The van der Waals surface area contributed by atoms with Gasteiger partial charge in [-0.2, -0.15) is 0 Å². The number of aryl methyl sites for hydroxylation is 1. The van der Waals surface area contributed by atoms with Gasteiger partial charge in [-0.1, -0.05) is 6.07 Å². The SMILES string of the molecule is COc1cc([C@@H]2C3=C(CN(C(C)=O)C3=O)Nc3cccc4c3c2cn4C)cc(OC)c1OC. The fourth-order valence-corrected chi connectivity index (χ4v) is 4.98. The molecule has 3 heterocycles. The maximum Gasteiger partial charge on any atom is 0.259 e. The van der Waals surface area contributed by atoms with Crippen molar-refractivity contribution in [2.24, 2.45) is 7.05 Å². The van der Waals surface area contributed by atoms with Crippen molar-refractivity contribution in [3.63, 3.8) is 0 Å². The molecule has 2 aromatic carbocycles. The highest BCUT2D eigenvalue weighted by atomic mass is 16.5. The molecule has 2 amide bonds. The van der Waals surface area contributed by atoms with Gasteiger partial charge in [-0.05, 0) is 35.4 Å². The van der Waals surface area contributed by atoms with Crippen LogP contribution in [0.2, 0.25) is 0 Å². The van der Waals surface area contributed by atoms with Crippen LogP contribution in [0.4, 0.5) is 5.69 Å². The van der Waals surface area contributed by atoms with E-state index in [1.807, 2.05) is 37.5 Å². The van der Waals surface area contributed by atoms with E-state index in [0.717, 1.165) is 33.4 Å². The molecule has 8 nitrogen and oxygen atoms in total. The third-order valence-corrected chi connectivity index (χ3v) is 6.45. The van der Waals surface area contributed by atoms with Crippen molar-refractivity contribution in [3.05, 3.63) is 58.9 Å². The monoisotopic (exact) mass is 447 g/mol. The lowest BCUT2D eigenvalue weighted by atomic mass is 9.84. The van der Waals surface area contributed by atoms with Crippen molar-refractivity contribution in [1.29, 1.82) is 0 Å². The zero-order chi connectivity index (χ0) is 23.4. The molecule has 5 rings (SSSR count). The van der Waals surface area contributed by atoms with E-state index in [1.165, 1.54) is 11.8 Å². The lowest BCUT2D eigenvalue weighted by molar-refractivity contribution is -0.139. The van der Waals surface area contributed by atoms with Crippen molar-refractivity contribution in [1.82, 2.24) is 9.47 Å². The first-order valence-electron chi connectivity index (χ1n) is 10.6. The fraction of sp³-hybridized carbons (Fsp3) is 0.280. The number of methoxy groups -OCH3 is 3. The maximum absolute atomic E-state index is 13.5. The van der Waals surface area contributed by atoms with Crippen LogP contribution in [0.15, 0.2) is 47.8 Å². The fourth-order valence-electron chi connectivity index (χ4n) is 4.98. The quantitative estimate of drug-likeness (QED) is 0.660. The molecule has 1 N–H and O–H groups in total. The highest BCUT2D eigenvalue weighted by Gasteiger charge is 2.42. The topological polar surface area (TPSA) is 82.0 Å². The first kappa shape index (κ1) is 20.9. The van der Waals surface area contributed by atoms with Gasteiger partial charge in [-0.15, -0.1) is 0 Å². The summed E-state index contributed by atoms with van der Waals surface area (Å²) in [6.45, 7) is 1.62. The summed E-state index contributed by atoms with van der Waals surface area (Å²) in [6.07, 6.45) is 2.04. The van der Waals surface area contributed by atoms with E-state index in [1.54, 1.807) is 21.3 Å². The number of rotatable bonds is 4. The summed E-state index contributed by atoms with van der Waals surface area (Å²) in [6, 6.07) is 9.76. The molecule has 1 aromatic heterocycles. The number of carbonyl (C=O) groups is 2. The van der Waals surface area contributed by atoms with E-state index in [9.17, 15) is 9.59 Å². The number of anilines is 1. The van der Waals surface area contributed by atoms with Gasteiger partial charge in [0, 0.05) is 42.9 Å². The van der Waals surface area contributed by atoms with Crippen LogP contribution >= 0.6 is 0 Å². The first-order chi connectivity index (χ1) is 15.9. The lowest BCUT2D eigenvalue weighted by Gasteiger charge is -2.22. The standard InChI is InChI=1S/C25H25N3O5/c1-13(29)28-12-17-23(25(28)30)21(14-9-19(31-3)24(33-5)20(10-14)32-4)15-11-27(2)18-8-6-7-16(26-17)22(15)18/h6-11,21,26H,12H2,1-5H3/t21-/m0/s1. The Morgan fingerprint density at radius 1 is 1.09 bits per heavy atom. The molecule has 0 saturated carbocycles. The molecule has 1 atom stereocenters. The van der Waals surface area contributed by atoms with Crippen molar-refractivity contribution in [2.45, 2.75) is 12.8 Å². The number of amides is 2. The Hall–Kier alpha value is -3.94. The first-order valence-corrected chi connectivity index (χ1v) is 10.6. The minimum atomic E-state index is -0.439. The van der Waals surface area contributed by atoms with Crippen molar-refractivity contribution >= 4 is 28.4 Å². The van der Waals surface area contributed by atoms with E-state index in [0.29, 0.717) is 22.8 Å². The number of ether oxygens (including phenoxy) is 3. The lowest BCUT2D eigenvalue weighted by Crippen LogP contribution is -2.33. The Kier molecular flexibility index (Phi) is 4.81. The van der Waals surface area contributed by atoms with E-state index in [-0.39, 0.29) is 18.4 Å². The van der Waals surface area contributed by atoms with Gasteiger partial charge in [0.2, 0.25) is 11.7 Å². The Labute approximate surface area is 191 Å². The van der Waals surface area contributed by atoms with Gasteiger partial charge in [0.15, 0.2) is 11.5 Å². The molecular weight excluding hydrogens is 422 g/mol. The van der Waals surface area contributed by atoms with Gasteiger partial charge in [-0.3, -0.25) is 14.5 Å². The zero-order valence-electron chi connectivity index (χ0n) is 19.2. The third-order valence-electron chi connectivity index (χ3n) is 6.45. The molecule has 0 unspecified atom stereocenters. The average Bonchev–Trinajstić information content (AvgIpc) is 3.26. The molecule has 2 aliphatic rings. The third kappa shape index (κ3) is 2.97. The number of carbonyl (C=O) groups excluding carboxylic acids is 2. The number of nitrogens with one attached hydrogen (secondary N) is 1. The van der Waals surface area contributed by atoms with Gasteiger partial charge in [0.1, 0.15) is 0 Å². The van der Waals surface area contributed by atoms with Crippen LogP contribution in [0.5, 0.6) is 17.2 Å².